The zero-order valence-electron chi connectivity index (χ0n) is 17.1. The van der Waals surface area contributed by atoms with Crippen molar-refractivity contribution in [3.05, 3.63) is 78.9 Å². The molecule has 0 fully saturated rings. The highest BCUT2D eigenvalue weighted by Crippen LogP contribution is 2.41. The smallest absolute Gasteiger partial charge is 0.308 e. The number of nitrogens with one attached hydrogen (secondary N) is 2. The number of aryl methyl sites for hydroxylation is 1. The molecule has 160 valence electrons. The molecule has 0 saturated heterocycles. The van der Waals surface area contributed by atoms with E-state index < -0.39 is 11.8 Å². The normalized spacial score (nSPS) is 12.8. The predicted octanol–water partition coefficient (Wildman–Crippen LogP) is 5.89. The molecule has 5 rings (SSSR count). The average Bonchev–Trinajstić information content (AvgIpc) is 3.19. The van der Waals surface area contributed by atoms with Gasteiger partial charge in [0.2, 0.25) is 0 Å². The van der Waals surface area contributed by atoms with Crippen LogP contribution < -0.4 is 10.6 Å². The lowest BCUT2D eigenvalue weighted by Gasteiger charge is -2.14. The van der Waals surface area contributed by atoms with Crippen LogP contribution in [-0.2, 0) is 6.54 Å². The van der Waals surface area contributed by atoms with Crippen LogP contribution >= 0.6 is 11.8 Å². The van der Waals surface area contributed by atoms with E-state index in [0.29, 0.717) is 11.4 Å². The Morgan fingerprint density at radius 2 is 1.72 bits per heavy atom. The Hall–Kier alpha value is -3.65. The minimum atomic E-state index is -0.443. The van der Waals surface area contributed by atoms with Crippen molar-refractivity contribution >= 4 is 29.2 Å². The number of carbonyl (C=O) groups excluding carboxylic acids is 1. The molecule has 0 saturated carbocycles. The van der Waals surface area contributed by atoms with Crippen molar-refractivity contribution in [2.75, 3.05) is 16.4 Å². The summed E-state index contributed by atoms with van der Waals surface area (Å²) in [5.74, 6) is 0.653. The third-order valence-electron chi connectivity index (χ3n) is 5.10. The molecule has 0 aliphatic carbocycles. The van der Waals surface area contributed by atoms with E-state index in [1.807, 2.05) is 48.2 Å². The van der Waals surface area contributed by atoms with Crippen molar-refractivity contribution in [3.63, 3.8) is 0 Å². The summed E-state index contributed by atoms with van der Waals surface area (Å²) < 4.78 is 15.4. The van der Waals surface area contributed by atoms with Crippen molar-refractivity contribution in [1.29, 1.82) is 0 Å². The summed E-state index contributed by atoms with van der Waals surface area (Å²) in [5.41, 5.74) is 4.93. The van der Waals surface area contributed by atoms with Gasteiger partial charge in [-0.05, 0) is 54.4 Å². The number of rotatable bonds is 4. The van der Waals surface area contributed by atoms with Crippen LogP contribution in [-0.4, -0.2) is 26.5 Å². The first-order chi connectivity index (χ1) is 15.7. The number of hydrogen-bond acceptors (Lipinski definition) is 4. The van der Waals surface area contributed by atoms with Crippen molar-refractivity contribution in [1.82, 2.24) is 14.8 Å². The topological polar surface area (TPSA) is 71.8 Å². The Bertz CT molecular complexity index is 1270. The van der Waals surface area contributed by atoms with Gasteiger partial charge in [-0.15, -0.1) is 11.8 Å². The predicted molar refractivity (Wildman–Crippen MR) is 125 cm³/mol. The number of urea groups is 1. The SMILES string of the molecule is O=C(Nc1cccc(F)c1)Nc1cccc(-c2nn3c(c2-c2ccncc2)SCCC3)c1. The van der Waals surface area contributed by atoms with Crippen LogP contribution in [0.3, 0.4) is 0 Å². The molecule has 3 heterocycles. The fourth-order valence-electron chi connectivity index (χ4n) is 3.71. The van der Waals surface area contributed by atoms with Gasteiger partial charge in [0.1, 0.15) is 16.5 Å². The van der Waals surface area contributed by atoms with Gasteiger partial charge in [0, 0.05) is 47.2 Å². The number of amides is 2. The first-order valence-electron chi connectivity index (χ1n) is 10.3. The molecule has 32 heavy (non-hydrogen) atoms. The van der Waals surface area contributed by atoms with E-state index in [-0.39, 0.29) is 0 Å². The fourth-order valence-corrected chi connectivity index (χ4v) is 4.82. The number of anilines is 2. The molecular weight excluding hydrogens is 425 g/mol. The molecule has 1 aliphatic heterocycles. The maximum Gasteiger partial charge on any atom is 0.323 e. The molecule has 0 bridgehead atoms. The second-order valence-corrected chi connectivity index (χ2v) is 8.44. The van der Waals surface area contributed by atoms with E-state index in [9.17, 15) is 9.18 Å². The van der Waals surface area contributed by atoms with Crippen LogP contribution in [0.2, 0.25) is 0 Å². The van der Waals surface area contributed by atoms with Gasteiger partial charge in [-0.3, -0.25) is 9.67 Å². The van der Waals surface area contributed by atoms with Gasteiger partial charge in [0.25, 0.3) is 0 Å². The minimum absolute atomic E-state index is 0.387. The number of pyridine rings is 1. The second-order valence-electron chi connectivity index (χ2n) is 7.36. The number of fused-ring (bicyclic) bond motifs is 1. The number of aromatic nitrogens is 3. The first-order valence-corrected chi connectivity index (χ1v) is 11.2. The van der Waals surface area contributed by atoms with E-state index in [2.05, 4.69) is 20.3 Å². The Morgan fingerprint density at radius 3 is 2.50 bits per heavy atom. The number of hydrogen-bond donors (Lipinski definition) is 2. The molecule has 0 spiro atoms. The molecule has 0 radical (unpaired) electrons. The van der Waals surface area contributed by atoms with Gasteiger partial charge in [-0.1, -0.05) is 18.2 Å². The monoisotopic (exact) mass is 445 g/mol. The van der Waals surface area contributed by atoms with Crippen molar-refractivity contribution in [2.45, 2.75) is 18.0 Å². The van der Waals surface area contributed by atoms with Crippen LogP contribution in [0.25, 0.3) is 22.4 Å². The van der Waals surface area contributed by atoms with E-state index >= 15 is 0 Å². The Balaban J connectivity index is 1.46. The quantitative estimate of drug-likeness (QED) is 0.411. The van der Waals surface area contributed by atoms with E-state index in [4.69, 9.17) is 5.10 Å². The Kier molecular flexibility index (Phi) is 5.60. The summed E-state index contributed by atoms with van der Waals surface area (Å²) in [6.07, 6.45) is 4.65. The van der Waals surface area contributed by atoms with Crippen LogP contribution in [0.1, 0.15) is 6.42 Å². The number of benzene rings is 2. The van der Waals surface area contributed by atoms with Crippen LogP contribution in [0, 0.1) is 5.82 Å². The third kappa shape index (κ3) is 4.22. The summed E-state index contributed by atoms with van der Waals surface area (Å²) in [6, 6.07) is 16.9. The zero-order chi connectivity index (χ0) is 21.9. The molecule has 6 nitrogen and oxygen atoms in total. The standard InChI is InChI=1S/C24H20FN5OS/c25-18-5-2-7-20(15-18)28-24(31)27-19-6-1-4-17(14-19)22-21(16-8-10-26-11-9-16)23-30(29-22)12-3-13-32-23/h1-2,4-11,14-15H,3,12-13H2,(H2,27,28,31). The molecule has 0 atom stereocenters. The molecule has 4 aromatic rings. The number of nitrogens with zero attached hydrogens (tertiary/aromatic N) is 3. The van der Waals surface area contributed by atoms with Gasteiger partial charge >= 0.3 is 6.03 Å². The number of halogens is 1. The highest BCUT2D eigenvalue weighted by atomic mass is 32.2. The molecular formula is C24H20FN5OS. The maximum absolute atomic E-state index is 13.4. The van der Waals surface area contributed by atoms with Gasteiger partial charge in [-0.2, -0.15) is 5.10 Å². The van der Waals surface area contributed by atoms with Crippen molar-refractivity contribution in [3.8, 4) is 22.4 Å². The van der Waals surface area contributed by atoms with Crippen molar-refractivity contribution < 1.29 is 9.18 Å². The maximum atomic E-state index is 13.4. The van der Waals surface area contributed by atoms with Crippen LogP contribution in [0.4, 0.5) is 20.6 Å². The highest BCUT2D eigenvalue weighted by molar-refractivity contribution is 7.99. The van der Waals surface area contributed by atoms with E-state index in [1.54, 1.807) is 24.5 Å². The molecule has 1 aliphatic rings. The van der Waals surface area contributed by atoms with Crippen molar-refractivity contribution in [2.24, 2.45) is 0 Å². The largest absolute Gasteiger partial charge is 0.323 e. The lowest BCUT2D eigenvalue weighted by Crippen LogP contribution is -2.19. The van der Waals surface area contributed by atoms with Gasteiger partial charge in [-0.25, -0.2) is 9.18 Å². The highest BCUT2D eigenvalue weighted by Gasteiger charge is 2.23. The van der Waals surface area contributed by atoms with Crippen LogP contribution in [0.15, 0.2) is 78.1 Å². The molecule has 2 aromatic heterocycles. The second kappa shape index (κ2) is 8.84. The molecule has 8 heteroatoms. The van der Waals surface area contributed by atoms with Gasteiger partial charge in [0.05, 0.1) is 0 Å². The number of carbonyl (C=O) groups is 1. The van der Waals surface area contributed by atoms with Gasteiger partial charge < -0.3 is 10.6 Å². The Morgan fingerprint density at radius 1 is 0.969 bits per heavy atom. The summed E-state index contributed by atoms with van der Waals surface area (Å²) in [6.45, 7) is 0.883. The van der Waals surface area contributed by atoms with Gasteiger partial charge in [0.15, 0.2) is 0 Å². The lowest BCUT2D eigenvalue weighted by atomic mass is 10.0. The summed E-state index contributed by atoms with van der Waals surface area (Å²) >= 11 is 1.81. The Labute approximate surface area is 188 Å². The van der Waals surface area contributed by atoms with E-state index in [0.717, 1.165) is 46.1 Å². The van der Waals surface area contributed by atoms with E-state index in [1.165, 1.54) is 12.1 Å². The first kappa shape index (κ1) is 20.3. The number of thioether (sulfide) groups is 1. The third-order valence-corrected chi connectivity index (χ3v) is 6.29. The lowest BCUT2D eigenvalue weighted by molar-refractivity contribution is 0.262. The zero-order valence-corrected chi connectivity index (χ0v) is 17.9. The average molecular weight is 446 g/mol. The summed E-state index contributed by atoms with van der Waals surface area (Å²) in [5, 5.41) is 11.5. The molecule has 2 aromatic carbocycles. The molecule has 2 N–H and O–H groups in total. The molecule has 0 unspecified atom stereocenters. The summed E-state index contributed by atoms with van der Waals surface area (Å²) in [7, 11) is 0. The fraction of sp³-hybridized carbons (Fsp3) is 0.125. The minimum Gasteiger partial charge on any atom is -0.308 e. The van der Waals surface area contributed by atoms with Crippen LogP contribution in [0.5, 0.6) is 0 Å². The molecule has 2 amide bonds. The summed E-state index contributed by atoms with van der Waals surface area (Å²) in [4.78, 5) is 16.6.